The topological polar surface area (TPSA) is 40.5 Å². The molecule has 5 rings (SSSR count). The maximum atomic E-state index is 6.47. The van der Waals surface area contributed by atoms with E-state index in [1.165, 1.54) is 20.9 Å². The zero-order chi connectivity index (χ0) is 27.2. The van der Waals surface area contributed by atoms with Crippen LogP contribution in [0.25, 0.3) is 0 Å². The predicted molar refractivity (Wildman–Crippen MR) is 175 cm³/mol. The summed E-state index contributed by atoms with van der Waals surface area (Å²) >= 11 is 8.33. The number of hydrogen-bond donors (Lipinski definition) is 0. The van der Waals surface area contributed by atoms with Gasteiger partial charge in [-0.1, -0.05) is 41.6 Å². The van der Waals surface area contributed by atoms with Crippen LogP contribution in [0.4, 0.5) is 0 Å². The van der Waals surface area contributed by atoms with Crippen molar-refractivity contribution in [1.29, 1.82) is 0 Å². The maximum absolute atomic E-state index is 6.47. The predicted octanol–water partition coefficient (Wildman–Crippen LogP) is 6.92. The minimum absolute atomic E-state index is 0. The number of rotatable bonds is 9. The molecule has 0 aromatic heterocycles. The lowest BCUT2D eigenvalue weighted by molar-refractivity contribution is 0.0970. The van der Waals surface area contributed by atoms with E-state index in [9.17, 15) is 0 Å². The Kier molecular flexibility index (Phi) is 13.0. The molecule has 2 aliphatic heterocycles. The Balaban J connectivity index is 0.00000231. The molecule has 0 N–H and O–H groups in total. The first-order chi connectivity index (χ1) is 19.0. The molecular formula is C31H39Cl3N4O2S. The van der Waals surface area contributed by atoms with Gasteiger partial charge >= 0.3 is 0 Å². The van der Waals surface area contributed by atoms with Crippen LogP contribution in [-0.2, 0) is 6.42 Å². The van der Waals surface area contributed by atoms with Gasteiger partial charge in [0.25, 0.3) is 0 Å². The summed E-state index contributed by atoms with van der Waals surface area (Å²) in [5.41, 5.74) is 3.73. The molecule has 6 nitrogen and oxygen atoms in total. The zero-order valence-corrected chi connectivity index (χ0v) is 27.0. The minimum Gasteiger partial charge on any atom is -0.490 e. The fraction of sp³-hybridized carbons (Fsp3) is 0.387. The summed E-state index contributed by atoms with van der Waals surface area (Å²) in [7, 11) is 4.07. The second-order valence-electron chi connectivity index (χ2n) is 10.1. The van der Waals surface area contributed by atoms with Crippen LogP contribution in [0.15, 0.2) is 75.6 Å². The van der Waals surface area contributed by atoms with Crippen LogP contribution in [-0.4, -0.2) is 81.1 Å². The van der Waals surface area contributed by atoms with Crippen molar-refractivity contribution >= 4 is 54.4 Å². The highest BCUT2D eigenvalue weighted by atomic mass is 35.5. The average molecular weight is 638 g/mol. The molecule has 0 saturated carbocycles. The van der Waals surface area contributed by atoms with Crippen molar-refractivity contribution in [1.82, 2.24) is 14.8 Å². The molecule has 2 aliphatic rings. The first kappa shape index (κ1) is 33.4. The van der Waals surface area contributed by atoms with Gasteiger partial charge in [0.05, 0.1) is 12.8 Å². The van der Waals surface area contributed by atoms with Gasteiger partial charge in [0.2, 0.25) is 0 Å². The molecule has 0 spiro atoms. The van der Waals surface area contributed by atoms with E-state index >= 15 is 0 Å². The second kappa shape index (κ2) is 15.9. The molecule has 3 aromatic carbocycles. The van der Waals surface area contributed by atoms with Crippen LogP contribution in [0.1, 0.15) is 29.7 Å². The fourth-order valence-corrected chi connectivity index (χ4v) is 6.32. The Morgan fingerprint density at radius 1 is 0.951 bits per heavy atom. The molecule has 0 amide bonds. The van der Waals surface area contributed by atoms with E-state index in [1.807, 2.05) is 63.3 Å². The van der Waals surface area contributed by atoms with Crippen LogP contribution < -0.4 is 9.47 Å². The molecule has 10 heteroatoms. The quantitative estimate of drug-likeness (QED) is 0.237. The first-order valence-corrected chi connectivity index (χ1v) is 14.8. The van der Waals surface area contributed by atoms with Crippen molar-refractivity contribution in [3.63, 3.8) is 0 Å². The summed E-state index contributed by atoms with van der Waals surface area (Å²) in [4.78, 5) is 7.33. The number of fused-ring (bicyclic) bond motifs is 2. The Hall–Kier alpha value is -2.13. The molecule has 222 valence electrons. The molecule has 0 radical (unpaired) electrons. The highest BCUT2D eigenvalue weighted by Gasteiger charge is 2.30. The number of piperazine rings is 1. The van der Waals surface area contributed by atoms with Crippen molar-refractivity contribution in [3.05, 3.63) is 82.4 Å². The summed E-state index contributed by atoms with van der Waals surface area (Å²) in [6, 6.07) is 21.4. The van der Waals surface area contributed by atoms with E-state index in [0.717, 1.165) is 61.2 Å². The van der Waals surface area contributed by atoms with E-state index < -0.39 is 0 Å². The Morgan fingerprint density at radius 3 is 2.49 bits per heavy atom. The number of benzene rings is 3. The van der Waals surface area contributed by atoms with Gasteiger partial charge in [0.15, 0.2) is 11.5 Å². The molecule has 0 aliphatic carbocycles. The van der Waals surface area contributed by atoms with Crippen molar-refractivity contribution in [2.45, 2.75) is 29.2 Å². The van der Waals surface area contributed by atoms with Crippen LogP contribution in [0.3, 0.4) is 0 Å². The number of halogens is 3. The van der Waals surface area contributed by atoms with Crippen molar-refractivity contribution < 1.29 is 9.47 Å². The van der Waals surface area contributed by atoms with Crippen LogP contribution >= 0.6 is 48.2 Å². The van der Waals surface area contributed by atoms with Crippen LogP contribution in [0, 0.1) is 0 Å². The monoisotopic (exact) mass is 636 g/mol. The second-order valence-corrected chi connectivity index (χ2v) is 11.7. The van der Waals surface area contributed by atoms with Crippen LogP contribution in [0.2, 0.25) is 5.02 Å². The molecule has 3 aromatic rings. The zero-order valence-electron chi connectivity index (χ0n) is 23.8. The van der Waals surface area contributed by atoms with Gasteiger partial charge in [-0.05, 0) is 86.6 Å². The van der Waals surface area contributed by atoms with Gasteiger partial charge in [0.1, 0.15) is 6.61 Å². The number of likely N-dealkylation sites (N-methyl/N-ethyl adjacent to an activating group) is 1. The van der Waals surface area contributed by atoms with E-state index in [-0.39, 0.29) is 24.8 Å². The van der Waals surface area contributed by atoms with Gasteiger partial charge < -0.3 is 14.4 Å². The molecule has 2 heterocycles. The van der Waals surface area contributed by atoms with Crippen molar-refractivity contribution in [2.24, 2.45) is 5.10 Å². The Bertz CT molecular complexity index is 1300. The minimum atomic E-state index is 0. The largest absolute Gasteiger partial charge is 0.490 e. The molecule has 41 heavy (non-hydrogen) atoms. The molecule has 1 saturated heterocycles. The highest BCUT2D eigenvalue weighted by molar-refractivity contribution is 7.99. The number of ether oxygens (including phenoxy) is 2. The van der Waals surface area contributed by atoms with E-state index in [2.05, 4.69) is 51.2 Å². The van der Waals surface area contributed by atoms with Crippen molar-refractivity contribution in [3.8, 4) is 11.5 Å². The summed E-state index contributed by atoms with van der Waals surface area (Å²) in [6.07, 6.45) is 2.92. The number of hydrazone groups is 1. The summed E-state index contributed by atoms with van der Waals surface area (Å²) in [5.74, 6) is 1.53. The van der Waals surface area contributed by atoms with Crippen LogP contribution in [0.5, 0.6) is 11.5 Å². The maximum Gasteiger partial charge on any atom is 0.161 e. The lowest BCUT2D eigenvalue weighted by Crippen LogP contribution is -2.46. The van der Waals surface area contributed by atoms with Gasteiger partial charge in [0, 0.05) is 53.6 Å². The third-order valence-corrected chi connectivity index (χ3v) is 8.55. The summed E-state index contributed by atoms with van der Waals surface area (Å²) in [6.45, 7) is 7.70. The molecule has 1 atom stereocenters. The highest BCUT2D eigenvalue weighted by Crippen LogP contribution is 2.43. The van der Waals surface area contributed by atoms with Gasteiger partial charge in [-0.15, -0.1) is 24.8 Å². The summed E-state index contributed by atoms with van der Waals surface area (Å²) in [5, 5.41) is 7.78. The Labute approximate surface area is 265 Å². The fourth-order valence-electron chi connectivity index (χ4n) is 5.02. The lowest BCUT2D eigenvalue weighted by atomic mass is 9.97. The Morgan fingerprint density at radius 2 is 1.73 bits per heavy atom. The normalized spacial score (nSPS) is 16.8. The molecular weight excluding hydrogens is 599 g/mol. The van der Waals surface area contributed by atoms with Crippen molar-refractivity contribution in [2.75, 3.05) is 60.0 Å². The van der Waals surface area contributed by atoms with E-state index in [4.69, 9.17) is 26.2 Å². The van der Waals surface area contributed by atoms with E-state index in [1.54, 1.807) is 0 Å². The molecule has 1 fully saturated rings. The third-order valence-electron chi connectivity index (χ3n) is 7.10. The number of hydrogen-bond acceptors (Lipinski definition) is 7. The van der Waals surface area contributed by atoms with Gasteiger partial charge in [-0.3, -0.25) is 9.91 Å². The summed E-state index contributed by atoms with van der Waals surface area (Å²) < 4.78 is 11.8. The molecule has 0 bridgehead atoms. The standard InChI is InChI=1S/C31H37ClN4O2S.2ClH/c1-4-37-29-19-23(9-11-28(29)38-18-17-34(2)3)22-33-36-15-13-35(14-16-36)27-20-24-7-5-6-8-30(24)39-31-12-10-25(32)21-26(27)31;;/h5-12,19,21-22,27H,4,13-18,20H2,1-3H3;2*1H/b33-22+;;. The lowest BCUT2D eigenvalue weighted by Gasteiger charge is -2.38. The average Bonchev–Trinajstić information content (AvgIpc) is 3.10. The van der Waals surface area contributed by atoms with E-state index in [0.29, 0.717) is 19.3 Å². The smallest absolute Gasteiger partial charge is 0.161 e. The third kappa shape index (κ3) is 8.69. The number of nitrogens with zero attached hydrogens (tertiary/aromatic N) is 4. The first-order valence-electron chi connectivity index (χ1n) is 13.6. The SMILES string of the molecule is CCOc1cc(/C=N/N2CCN(C3Cc4ccccc4Sc4ccc(Cl)cc43)CC2)ccc1OCCN(C)C.Cl.Cl. The molecule has 1 unspecified atom stereocenters. The van der Waals surface area contributed by atoms with Gasteiger partial charge in [-0.2, -0.15) is 5.10 Å². The van der Waals surface area contributed by atoms with Gasteiger partial charge in [-0.25, -0.2) is 0 Å².